The summed E-state index contributed by atoms with van der Waals surface area (Å²) in [6, 6.07) is 13.3. The Morgan fingerprint density at radius 3 is 2.38 bits per heavy atom. The molecule has 1 atom stereocenters. The summed E-state index contributed by atoms with van der Waals surface area (Å²) in [5.74, 6) is -1.04. The summed E-state index contributed by atoms with van der Waals surface area (Å²) in [6.07, 6.45) is 1.21. The first-order chi connectivity index (χ1) is 13.8. The molecule has 0 aliphatic rings. The summed E-state index contributed by atoms with van der Waals surface area (Å²) in [5, 5.41) is 11.6. The van der Waals surface area contributed by atoms with Crippen LogP contribution in [0.4, 0.5) is 15.2 Å². The van der Waals surface area contributed by atoms with E-state index in [1.807, 2.05) is 30.3 Å². The third-order valence-corrected chi connectivity index (χ3v) is 6.15. The summed E-state index contributed by atoms with van der Waals surface area (Å²) in [6.45, 7) is 1.70. The number of nitrogens with one attached hydrogen (secondary N) is 1. The molecule has 2 aromatic carbocycles. The number of carbonyl (C=O) groups excluding carboxylic acids is 1. The molecule has 1 amide bonds. The van der Waals surface area contributed by atoms with Crippen LogP contribution in [0, 0.1) is 5.82 Å². The number of nitrogens with zero attached hydrogens (tertiary/aromatic N) is 3. The zero-order valence-electron chi connectivity index (χ0n) is 15.7. The monoisotopic (exact) mass is 434 g/mol. The van der Waals surface area contributed by atoms with Crippen molar-refractivity contribution in [2.75, 3.05) is 15.9 Å². The van der Waals surface area contributed by atoms with Gasteiger partial charge in [0.2, 0.25) is 21.1 Å². The summed E-state index contributed by atoms with van der Waals surface area (Å²) in [5.41, 5.74) is 1.07. The van der Waals surface area contributed by atoms with Crippen LogP contribution < -0.4 is 9.62 Å². The van der Waals surface area contributed by atoms with Crippen molar-refractivity contribution in [1.82, 2.24) is 10.2 Å². The van der Waals surface area contributed by atoms with E-state index < -0.39 is 27.8 Å². The fourth-order valence-electron chi connectivity index (χ4n) is 2.81. The average Bonchev–Trinajstić information content (AvgIpc) is 3.15. The minimum absolute atomic E-state index is 0.207. The average molecular weight is 435 g/mol. The first kappa shape index (κ1) is 20.9. The van der Waals surface area contributed by atoms with Gasteiger partial charge in [-0.15, -0.1) is 10.2 Å². The second-order valence-electron chi connectivity index (χ2n) is 6.23. The molecule has 152 valence electrons. The molecule has 0 unspecified atom stereocenters. The van der Waals surface area contributed by atoms with Crippen molar-refractivity contribution >= 4 is 38.1 Å². The Bertz CT molecular complexity index is 1090. The van der Waals surface area contributed by atoms with Crippen LogP contribution in [0.25, 0.3) is 10.6 Å². The molecule has 3 aromatic rings. The molecule has 1 N–H and O–H groups in total. The van der Waals surface area contributed by atoms with Crippen LogP contribution in [0.15, 0.2) is 54.6 Å². The van der Waals surface area contributed by atoms with Crippen molar-refractivity contribution in [3.63, 3.8) is 0 Å². The molecule has 10 heteroatoms. The minimum Gasteiger partial charge on any atom is -0.299 e. The topological polar surface area (TPSA) is 92.3 Å². The van der Waals surface area contributed by atoms with E-state index in [4.69, 9.17) is 0 Å². The highest BCUT2D eigenvalue weighted by molar-refractivity contribution is 7.92. The minimum atomic E-state index is -3.80. The summed E-state index contributed by atoms with van der Waals surface area (Å²) < 4.78 is 39.0. The van der Waals surface area contributed by atoms with Gasteiger partial charge in [-0.3, -0.25) is 14.4 Å². The van der Waals surface area contributed by atoms with Gasteiger partial charge < -0.3 is 0 Å². The molecule has 0 aliphatic heterocycles. The van der Waals surface area contributed by atoms with E-state index in [1.54, 1.807) is 6.92 Å². The first-order valence-electron chi connectivity index (χ1n) is 8.74. The smallest absolute Gasteiger partial charge is 0.250 e. The third-order valence-electron chi connectivity index (χ3n) is 4.09. The van der Waals surface area contributed by atoms with Gasteiger partial charge in [0.05, 0.1) is 11.9 Å². The van der Waals surface area contributed by atoms with Crippen molar-refractivity contribution in [3.05, 3.63) is 60.4 Å². The number of hydrogen-bond donors (Lipinski definition) is 1. The van der Waals surface area contributed by atoms with Crippen LogP contribution in [0.5, 0.6) is 0 Å². The molecule has 0 radical (unpaired) electrons. The molecule has 3 rings (SSSR count). The number of anilines is 2. The lowest BCUT2D eigenvalue weighted by atomic mass is 10.2. The highest BCUT2D eigenvalue weighted by Gasteiger charge is 2.32. The number of carbonyl (C=O) groups is 1. The first-order valence-corrected chi connectivity index (χ1v) is 11.4. The van der Waals surface area contributed by atoms with E-state index in [1.165, 1.54) is 23.5 Å². The Balaban J connectivity index is 1.85. The predicted octanol–water partition coefficient (Wildman–Crippen LogP) is 3.53. The second-order valence-corrected chi connectivity index (χ2v) is 9.06. The van der Waals surface area contributed by atoms with E-state index in [0.717, 1.165) is 28.3 Å². The molecule has 1 heterocycles. The van der Waals surface area contributed by atoms with E-state index in [9.17, 15) is 17.6 Å². The molecule has 0 saturated heterocycles. The van der Waals surface area contributed by atoms with Crippen molar-refractivity contribution in [2.45, 2.75) is 19.4 Å². The van der Waals surface area contributed by atoms with E-state index >= 15 is 0 Å². The Hall–Kier alpha value is -2.85. The Morgan fingerprint density at radius 2 is 1.79 bits per heavy atom. The standard InChI is InChI=1S/C19H19FN4O3S2/c1-3-16(24(29(2,26)27)15-11-9-14(20)10-12-15)17(25)21-19-23-22-18(28-19)13-7-5-4-6-8-13/h4-12,16H,3H2,1-2H3,(H,21,23,25)/t16-/m1/s1. The Kier molecular flexibility index (Phi) is 6.23. The van der Waals surface area contributed by atoms with Gasteiger partial charge in [-0.1, -0.05) is 48.6 Å². The third kappa shape index (κ3) is 4.96. The number of benzene rings is 2. The molecule has 29 heavy (non-hydrogen) atoms. The van der Waals surface area contributed by atoms with Crippen molar-refractivity contribution in [1.29, 1.82) is 0 Å². The molecule has 0 saturated carbocycles. The van der Waals surface area contributed by atoms with Gasteiger partial charge in [0.25, 0.3) is 0 Å². The van der Waals surface area contributed by atoms with E-state index in [0.29, 0.717) is 5.01 Å². The molecule has 0 aliphatic carbocycles. The fourth-order valence-corrected chi connectivity index (χ4v) is 4.77. The van der Waals surface area contributed by atoms with Gasteiger partial charge in [-0.05, 0) is 30.7 Å². The lowest BCUT2D eigenvalue weighted by molar-refractivity contribution is -0.117. The van der Waals surface area contributed by atoms with Crippen LogP contribution in [0.1, 0.15) is 13.3 Å². The zero-order chi connectivity index (χ0) is 21.0. The Morgan fingerprint density at radius 1 is 1.14 bits per heavy atom. The van der Waals surface area contributed by atoms with Gasteiger partial charge in [-0.2, -0.15) is 0 Å². The largest absolute Gasteiger partial charge is 0.299 e. The van der Waals surface area contributed by atoms with E-state index in [2.05, 4.69) is 15.5 Å². The number of aromatic nitrogens is 2. The normalized spacial score (nSPS) is 12.4. The molecule has 7 nitrogen and oxygen atoms in total. The number of rotatable bonds is 7. The SMILES string of the molecule is CC[C@H](C(=O)Nc1nnc(-c2ccccc2)s1)N(c1ccc(F)cc1)S(C)(=O)=O. The zero-order valence-corrected chi connectivity index (χ0v) is 17.4. The highest BCUT2D eigenvalue weighted by atomic mass is 32.2. The van der Waals surface area contributed by atoms with Crippen molar-refractivity contribution in [3.8, 4) is 10.6 Å². The highest BCUT2D eigenvalue weighted by Crippen LogP contribution is 2.27. The lowest BCUT2D eigenvalue weighted by Crippen LogP contribution is -2.47. The van der Waals surface area contributed by atoms with Crippen LogP contribution in [-0.4, -0.2) is 36.8 Å². The molecular weight excluding hydrogens is 415 g/mol. The maximum Gasteiger partial charge on any atom is 0.250 e. The second kappa shape index (κ2) is 8.66. The number of amides is 1. The number of hydrogen-bond acceptors (Lipinski definition) is 6. The molecule has 0 fully saturated rings. The fraction of sp³-hybridized carbons (Fsp3) is 0.211. The quantitative estimate of drug-likeness (QED) is 0.614. The van der Waals surface area contributed by atoms with Crippen molar-refractivity contribution in [2.24, 2.45) is 0 Å². The number of halogens is 1. The van der Waals surface area contributed by atoms with Crippen LogP contribution in [0.2, 0.25) is 0 Å². The molecule has 1 aromatic heterocycles. The van der Waals surface area contributed by atoms with Gasteiger partial charge in [0, 0.05) is 5.56 Å². The summed E-state index contributed by atoms with van der Waals surface area (Å²) >= 11 is 1.19. The van der Waals surface area contributed by atoms with Gasteiger partial charge >= 0.3 is 0 Å². The van der Waals surface area contributed by atoms with Gasteiger partial charge in [0.1, 0.15) is 16.9 Å². The molecular formula is C19H19FN4O3S2. The van der Waals surface area contributed by atoms with Crippen LogP contribution in [-0.2, 0) is 14.8 Å². The van der Waals surface area contributed by atoms with E-state index in [-0.39, 0.29) is 17.2 Å². The van der Waals surface area contributed by atoms with Crippen LogP contribution in [0.3, 0.4) is 0 Å². The molecule has 0 spiro atoms. The van der Waals surface area contributed by atoms with Crippen molar-refractivity contribution < 1.29 is 17.6 Å². The number of sulfonamides is 1. The summed E-state index contributed by atoms with van der Waals surface area (Å²) in [4.78, 5) is 12.9. The lowest BCUT2D eigenvalue weighted by Gasteiger charge is -2.29. The maximum atomic E-state index is 13.3. The maximum absolute atomic E-state index is 13.3. The summed E-state index contributed by atoms with van der Waals surface area (Å²) in [7, 11) is -3.80. The predicted molar refractivity (Wildman–Crippen MR) is 112 cm³/mol. The van der Waals surface area contributed by atoms with Gasteiger partial charge in [-0.25, -0.2) is 12.8 Å². The van der Waals surface area contributed by atoms with Gasteiger partial charge in [0.15, 0.2) is 0 Å². The van der Waals surface area contributed by atoms with Crippen LogP contribution >= 0.6 is 11.3 Å². The Labute approximate surface area is 172 Å². The molecule has 0 bridgehead atoms.